The highest BCUT2D eigenvalue weighted by Gasteiger charge is 2.12. The van der Waals surface area contributed by atoms with Gasteiger partial charge in [0.25, 0.3) is 0 Å². The second-order valence-electron chi connectivity index (χ2n) is 4.80. The molecule has 2 aliphatic rings. The Bertz CT molecular complexity index is 576. The van der Waals surface area contributed by atoms with Crippen molar-refractivity contribution in [2.45, 2.75) is 26.7 Å². The third-order valence-electron chi connectivity index (χ3n) is 3.11. The molecule has 1 heterocycles. The SMILES string of the molecule is CC1=CCN=C(C2=C=C/C=C(/C)C/C=C\2F)C/C=C\1. The first-order valence-corrected chi connectivity index (χ1v) is 6.52. The lowest BCUT2D eigenvalue weighted by Crippen LogP contribution is -2.05. The molecule has 2 heteroatoms. The number of halogens is 1. The molecule has 1 aliphatic heterocycles. The predicted molar refractivity (Wildman–Crippen MR) is 79.0 cm³/mol. The van der Waals surface area contributed by atoms with E-state index in [0.717, 1.165) is 11.3 Å². The molecule has 2 rings (SSSR count). The Morgan fingerprint density at radius 3 is 2.89 bits per heavy atom. The van der Waals surface area contributed by atoms with E-state index in [4.69, 9.17) is 0 Å². The van der Waals surface area contributed by atoms with E-state index in [-0.39, 0.29) is 5.83 Å². The van der Waals surface area contributed by atoms with Gasteiger partial charge in [0.2, 0.25) is 0 Å². The van der Waals surface area contributed by atoms with Gasteiger partial charge in [-0.05, 0) is 32.4 Å². The maximum atomic E-state index is 14.2. The molecule has 0 N–H and O–H groups in total. The van der Waals surface area contributed by atoms with Crippen molar-refractivity contribution < 1.29 is 4.39 Å². The van der Waals surface area contributed by atoms with Crippen LogP contribution in [0.3, 0.4) is 0 Å². The molecule has 0 fully saturated rings. The van der Waals surface area contributed by atoms with Gasteiger partial charge < -0.3 is 0 Å². The number of hydrogen-bond donors (Lipinski definition) is 0. The summed E-state index contributed by atoms with van der Waals surface area (Å²) in [4.78, 5) is 4.47. The number of rotatable bonds is 1. The Labute approximate surface area is 113 Å². The quantitative estimate of drug-likeness (QED) is 0.606. The van der Waals surface area contributed by atoms with E-state index < -0.39 is 0 Å². The van der Waals surface area contributed by atoms with Crippen LogP contribution < -0.4 is 0 Å². The molecule has 0 bridgehead atoms. The van der Waals surface area contributed by atoms with Crippen LogP contribution in [-0.4, -0.2) is 12.3 Å². The summed E-state index contributed by atoms with van der Waals surface area (Å²) in [6.07, 6.45) is 12.7. The highest BCUT2D eigenvalue weighted by Crippen LogP contribution is 2.20. The minimum Gasteiger partial charge on any atom is -0.284 e. The molecule has 0 unspecified atom stereocenters. The van der Waals surface area contributed by atoms with E-state index in [0.29, 0.717) is 25.0 Å². The van der Waals surface area contributed by atoms with Crippen molar-refractivity contribution >= 4 is 5.71 Å². The summed E-state index contributed by atoms with van der Waals surface area (Å²) < 4.78 is 14.2. The maximum absolute atomic E-state index is 14.2. The molecule has 0 spiro atoms. The molecule has 0 amide bonds. The number of aliphatic imine (C=N–C) groups is 1. The van der Waals surface area contributed by atoms with Gasteiger partial charge in [-0.3, -0.25) is 4.99 Å². The van der Waals surface area contributed by atoms with Crippen LogP contribution in [0.15, 0.2) is 69.7 Å². The Kier molecular flexibility index (Phi) is 4.48. The van der Waals surface area contributed by atoms with Crippen molar-refractivity contribution in [1.82, 2.24) is 0 Å². The van der Waals surface area contributed by atoms with E-state index in [1.165, 1.54) is 5.57 Å². The smallest absolute Gasteiger partial charge is 0.136 e. The molecule has 1 nitrogen and oxygen atoms in total. The molecule has 0 saturated carbocycles. The zero-order valence-corrected chi connectivity index (χ0v) is 11.4. The predicted octanol–water partition coefficient (Wildman–Crippen LogP) is 4.62. The van der Waals surface area contributed by atoms with E-state index in [2.05, 4.69) is 10.7 Å². The molecule has 0 radical (unpaired) electrons. The molecule has 0 aromatic rings. The minimum absolute atomic E-state index is 0.225. The summed E-state index contributed by atoms with van der Waals surface area (Å²) in [6, 6.07) is 0. The van der Waals surface area contributed by atoms with Crippen LogP contribution in [0.25, 0.3) is 0 Å². The molecule has 0 aromatic carbocycles. The maximum Gasteiger partial charge on any atom is 0.136 e. The van der Waals surface area contributed by atoms with E-state index in [1.807, 2.05) is 38.2 Å². The fourth-order valence-corrected chi connectivity index (χ4v) is 1.95. The van der Waals surface area contributed by atoms with Gasteiger partial charge in [0, 0.05) is 6.42 Å². The zero-order chi connectivity index (χ0) is 13.7. The second kappa shape index (κ2) is 6.31. The lowest BCUT2D eigenvalue weighted by atomic mass is 10.0. The minimum atomic E-state index is -0.225. The average Bonchev–Trinajstić information content (AvgIpc) is 2.35. The topological polar surface area (TPSA) is 12.4 Å². The van der Waals surface area contributed by atoms with Crippen molar-refractivity contribution in [2.75, 3.05) is 6.54 Å². The lowest BCUT2D eigenvalue weighted by molar-refractivity contribution is 0.654. The average molecular weight is 255 g/mol. The van der Waals surface area contributed by atoms with Crippen LogP contribution in [0.1, 0.15) is 26.7 Å². The normalized spacial score (nSPS) is 27.2. The molecule has 19 heavy (non-hydrogen) atoms. The number of hydrogen-bond acceptors (Lipinski definition) is 1. The highest BCUT2D eigenvalue weighted by atomic mass is 19.1. The van der Waals surface area contributed by atoms with Gasteiger partial charge in [-0.2, -0.15) is 0 Å². The molecular weight excluding hydrogens is 237 g/mol. The first-order chi connectivity index (χ1) is 9.16. The van der Waals surface area contributed by atoms with Crippen molar-refractivity contribution in [1.29, 1.82) is 0 Å². The van der Waals surface area contributed by atoms with Gasteiger partial charge >= 0.3 is 0 Å². The van der Waals surface area contributed by atoms with Gasteiger partial charge in [-0.25, -0.2) is 4.39 Å². The summed E-state index contributed by atoms with van der Waals surface area (Å²) >= 11 is 0. The van der Waals surface area contributed by atoms with Crippen LogP contribution >= 0.6 is 0 Å². The molecule has 98 valence electrons. The third-order valence-corrected chi connectivity index (χ3v) is 3.11. The van der Waals surface area contributed by atoms with Gasteiger partial charge in [0.1, 0.15) is 5.83 Å². The van der Waals surface area contributed by atoms with Crippen molar-refractivity contribution in [3.05, 3.63) is 64.7 Å². The van der Waals surface area contributed by atoms with Gasteiger partial charge in [-0.1, -0.05) is 35.5 Å². The fraction of sp³-hybridized carbons (Fsp3) is 0.294. The van der Waals surface area contributed by atoms with Crippen LogP contribution in [0.5, 0.6) is 0 Å². The van der Waals surface area contributed by atoms with Gasteiger partial charge in [0.15, 0.2) is 0 Å². The number of nitrogens with zero attached hydrogens (tertiary/aromatic N) is 1. The summed E-state index contributed by atoms with van der Waals surface area (Å²) in [5.41, 5.74) is 6.59. The third kappa shape index (κ3) is 3.77. The molecule has 0 aromatic heterocycles. The zero-order valence-electron chi connectivity index (χ0n) is 11.4. The highest BCUT2D eigenvalue weighted by molar-refractivity contribution is 6.04. The van der Waals surface area contributed by atoms with Gasteiger partial charge in [-0.15, -0.1) is 5.73 Å². The Morgan fingerprint density at radius 1 is 1.21 bits per heavy atom. The van der Waals surface area contributed by atoms with Crippen molar-refractivity contribution in [3.8, 4) is 0 Å². The van der Waals surface area contributed by atoms with Crippen LogP contribution in [0, 0.1) is 0 Å². The Balaban J connectivity index is 2.37. The monoisotopic (exact) mass is 255 g/mol. The Morgan fingerprint density at radius 2 is 2.05 bits per heavy atom. The Hall–Kier alpha value is -1.92. The summed E-state index contributed by atoms with van der Waals surface area (Å²) in [7, 11) is 0. The van der Waals surface area contributed by atoms with E-state index in [9.17, 15) is 4.39 Å². The summed E-state index contributed by atoms with van der Waals surface area (Å²) in [6.45, 7) is 4.62. The largest absolute Gasteiger partial charge is 0.284 e. The van der Waals surface area contributed by atoms with Crippen LogP contribution in [0.2, 0.25) is 0 Å². The van der Waals surface area contributed by atoms with E-state index in [1.54, 1.807) is 12.2 Å². The second-order valence-corrected chi connectivity index (χ2v) is 4.80. The molecule has 0 saturated heterocycles. The van der Waals surface area contributed by atoms with E-state index >= 15 is 0 Å². The standard InChI is InChI=1S/C17H18FN/c1-13-5-3-7-15(16(18)10-9-13)17-8-4-6-14(2)11-12-19-17/h3-6,10-11H,8-9,12H2,1-2H3/b6-4-,13-5-,14-11?,16-10+,19-17?. The first-order valence-electron chi connectivity index (χ1n) is 6.52. The molecule has 1 aliphatic carbocycles. The fourth-order valence-electron chi connectivity index (χ4n) is 1.95. The summed E-state index contributed by atoms with van der Waals surface area (Å²) in [5, 5.41) is 0. The van der Waals surface area contributed by atoms with Crippen molar-refractivity contribution in [2.24, 2.45) is 4.99 Å². The summed E-state index contributed by atoms with van der Waals surface area (Å²) in [5.74, 6) is -0.225. The lowest BCUT2D eigenvalue weighted by Gasteiger charge is -2.09. The molecule has 0 atom stereocenters. The first kappa shape index (κ1) is 13.5. The van der Waals surface area contributed by atoms with Gasteiger partial charge in [0.05, 0.1) is 17.8 Å². The number of allylic oxidation sites excluding steroid dienone is 8. The molecular formula is C17H18FN. The van der Waals surface area contributed by atoms with Crippen molar-refractivity contribution in [3.63, 3.8) is 0 Å². The van der Waals surface area contributed by atoms with Crippen LogP contribution in [0.4, 0.5) is 4.39 Å². The van der Waals surface area contributed by atoms with Crippen LogP contribution in [-0.2, 0) is 0 Å².